The molecule has 0 unspecified atom stereocenters. The highest BCUT2D eigenvalue weighted by Gasteiger charge is 2.04. The Labute approximate surface area is 90.1 Å². The summed E-state index contributed by atoms with van der Waals surface area (Å²) in [6.07, 6.45) is 0.943. The summed E-state index contributed by atoms with van der Waals surface area (Å²) in [7, 11) is -3.45. The molecule has 0 bridgehead atoms. The van der Waals surface area contributed by atoms with Crippen LogP contribution in [-0.2, 0) is 15.8 Å². The first-order valence-corrected chi connectivity index (χ1v) is 6.45. The summed E-state index contributed by atoms with van der Waals surface area (Å²) in [5.74, 6) is 0.608. The Kier molecular flexibility index (Phi) is 4.11. The van der Waals surface area contributed by atoms with E-state index < -0.39 is 10.0 Å². The molecule has 84 valence electrons. The molecule has 4 nitrogen and oxygen atoms in total. The van der Waals surface area contributed by atoms with Gasteiger partial charge in [-0.15, -0.1) is 0 Å². The molecule has 0 aromatic heterocycles. The number of rotatable bonds is 5. The maximum absolute atomic E-state index is 10.8. The highest BCUT2D eigenvalue weighted by Crippen LogP contribution is 2.13. The zero-order valence-electron chi connectivity index (χ0n) is 8.64. The second-order valence-corrected chi connectivity index (χ2v) is 4.91. The molecule has 0 spiro atoms. The molecule has 1 aromatic rings. The topological polar surface area (TPSA) is 69.4 Å². The highest BCUT2D eigenvalue weighted by atomic mass is 32.2. The largest absolute Gasteiger partial charge is 0.494 e. The molecule has 0 aliphatic carbocycles. The monoisotopic (exact) mass is 229 g/mol. The summed E-state index contributed by atoms with van der Waals surface area (Å²) >= 11 is 0. The number of hydrogen-bond donors (Lipinski definition) is 1. The van der Waals surface area contributed by atoms with Crippen molar-refractivity contribution in [2.45, 2.75) is 19.1 Å². The lowest BCUT2D eigenvalue weighted by molar-refractivity contribution is 0.317. The standard InChI is InChI=1S/C10H15NO3S/c1-2-7-14-10-5-3-9(4-6-10)8-15(11,12)13/h3-6H,2,7-8H2,1H3,(H2,11,12,13). The van der Waals surface area contributed by atoms with Crippen molar-refractivity contribution in [2.24, 2.45) is 5.14 Å². The van der Waals surface area contributed by atoms with Crippen LogP contribution in [0.25, 0.3) is 0 Å². The van der Waals surface area contributed by atoms with E-state index in [1.165, 1.54) is 0 Å². The van der Waals surface area contributed by atoms with E-state index in [1.54, 1.807) is 24.3 Å². The van der Waals surface area contributed by atoms with E-state index in [0.717, 1.165) is 12.2 Å². The van der Waals surface area contributed by atoms with Crippen LogP contribution in [-0.4, -0.2) is 15.0 Å². The SMILES string of the molecule is CCCOc1ccc(CS(N)(=O)=O)cc1. The van der Waals surface area contributed by atoms with Gasteiger partial charge in [-0.25, -0.2) is 13.6 Å². The molecule has 0 aliphatic heterocycles. The smallest absolute Gasteiger partial charge is 0.213 e. The molecule has 15 heavy (non-hydrogen) atoms. The van der Waals surface area contributed by atoms with Crippen LogP contribution in [0.2, 0.25) is 0 Å². The minimum atomic E-state index is -3.45. The lowest BCUT2D eigenvalue weighted by atomic mass is 10.2. The van der Waals surface area contributed by atoms with Crippen molar-refractivity contribution >= 4 is 10.0 Å². The van der Waals surface area contributed by atoms with Crippen LogP contribution < -0.4 is 9.88 Å². The third-order valence-electron chi connectivity index (χ3n) is 1.76. The van der Waals surface area contributed by atoms with Crippen LogP contribution in [0.5, 0.6) is 5.75 Å². The molecule has 0 fully saturated rings. The van der Waals surface area contributed by atoms with Gasteiger partial charge in [0.05, 0.1) is 12.4 Å². The van der Waals surface area contributed by atoms with Crippen molar-refractivity contribution in [3.05, 3.63) is 29.8 Å². The number of ether oxygens (including phenoxy) is 1. The highest BCUT2D eigenvalue weighted by molar-refractivity contribution is 7.88. The molecule has 0 saturated carbocycles. The van der Waals surface area contributed by atoms with Gasteiger partial charge >= 0.3 is 0 Å². The molecule has 0 radical (unpaired) electrons. The fourth-order valence-electron chi connectivity index (χ4n) is 1.13. The lowest BCUT2D eigenvalue weighted by Gasteiger charge is -2.05. The van der Waals surface area contributed by atoms with E-state index in [-0.39, 0.29) is 5.75 Å². The predicted molar refractivity (Wildman–Crippen MR) is 59.0 cm³/mol. The Balaban J connectivity index is 2.64. The van der Waals surface area contributed by atoms with E-state index >= 15 is 0 Å². The maximum atomic E-state index is 10.8. The average Bonchev–Trinajstić information content (AvgIpc) is 2.14. The number of hydrogen-bond acceptors (Lipinski definition) is 3. The summed E-state index contributed by atoms with van der Waals surface area (Å²) in [6.45, 7) is 2.68. The second kappa shape index (κ2) is 5.14. The van der Waals surface area contributed by atoms with E-state index in [0.29, 0.717) is 12.2 Å². The summed E-state index contributed by atoms with van der Waals surface area (Å²) < 4.78 is 27.0. The van der Waals surface area contributed by atoms with Crippen molar-refractivity contribution in [1.29, 1.82) is 0 Å². The average molecular weight is 229 g/mol. The van der Waals surface area contributed by atoms with Crippen LogP contribution in [0.1, 0.15) is 18.9 Å². The van der Waals surface area contributed by atoms with Gasteiger partial charge in [0.1, 0.15) is 5.75 Å². The van der Waals surface area contributed by atoms with Crippen LogP contribution in [0.4, 0.5) is 0 Å². The number of nitrogens with two attached hydrogens (primary N) is 1. The maximum Gasteiger partial charge on any atom is 0.213 e. The molecule has 5 heteroatoms. The van der Waals surface area contributed by atoms with Crippen molar-refractivity contribution in [3.63, 3.8) is 0 Å². The Hall–Kier alpha value is -1.07. The van der Waals surface area contributed by atoms with Gasteiger partial charge in [0.15, 0.2) is 0 Å². The van der Waals surface area contributed by atoms with E-state index in [9.17, 15) is 8.42 Å². The van der Waals surface area contributed by atoms with E-state index in [1.807, 2.05) is 6.92 Å². The number of benzene rings is 1. The minimum Gasteiger partial charge on any atom is -0.494 e. The third-order valence-corrected chi connectivity index (χ3v) is 2.50. The van der Waals surface area contributed by atoms with Gasteiger partial charge in [0, 0.05) is 0 Å². The Morgan fingerprint density at radius 1 is 1.27 bits per heavy atom. The molecule has 1 rings (SSSR count). The van der Waals surface area contributed by atoms with Crippen LogP contribution in [0, 0.1) is 0 Å². The van der Waals surface area contributed by atoms with Gasteiger partial charge in [0.25, 0.3) is 0 Å². The molecule has 0 amide bonds. The van der Waals surface area contributed by atoms with E-state index in [2.05, 4.69) is 0 Å². The molecule has 0 saturated heterocycles. The van der Waals surface area contributed by atoms with Gasteiger partial charge in [-0.05, 0) is 24.1 Å². The molecule has 2 N–H and O–H groups in total. The van der Waals surface area contributed by atoms with Crippen LogP contribution >= 0.6 is 0 Å². The summed E-state index contributed by atoms with van der Waals surface area (Å²) in [5.41, 5.74) is 0.668. The Morgan fingerprint density at radius 2 is 1.87 bits per heavy atom. The summed E-state index contributed by atoms with van der Waals surface area (Å²) in [6, 6.07) is 6.90. The van der Waals surface area contributed by atoms with Crippen LogP contribution in [0.15, 0.2) is 24.3 Å². The van der Waals surface area contributed by atoms with Crippen LogP contribution in [0.3, 0.4) is 0 Å². The zero-order chi connectivity index (χ0) is 11.3. The first kappa shape index (κ1) is 12.0. The predicted octanol–water partition coefficient (Wildman–Crippen LogP) is 1.26. The molecular weight excluding hydrogens is 214 g/mol. The first-order chi connectivity index (χ1) is 7.01. The second-order valence-electron chi connectivity index (χ2n) is 3.30. The summed E-state index contributed by atoms with van der Waals surface area (Å²) in [4.78, 5) is 0. The zero-order valence-corrected chi connectivity index (χ0v) is 9.46. The first-order valence-electron chi connectivity index (χ1n) is 4.73. The van der Waals surface area contributed by atoms with Crippen molar-refractivity contribution in [2.75, 3.05) is 6.61 Å². The Bertz CT molecular complexity index is 397. The lowest BCUT2D eigenvalue weighted by Crippen LogP contribution is -2.14. The molecular formula is C10H15NO3S. The minimum absolute atomic E-state index is 0.138. The summed E-state index contributed by atoms with van der Waals surface area (Å²) in [5, 5.41) is 4.93. The van der Waals surface area contributed by atoms with Gasteiger partial charge < -0.3 is 4.74 Å². The molecule has 0 heterocycles. The van der Waals surface area contributed by atoms with Crippen molar-refractivity contribution in [1.82, 2.24) is 0 Å². The molecule has 0 atom stereocenters. The van der Waals surface area contributed by atoms with Gasteiger partial charge in [-0.2, -0.15) is 0 Å². The quantitative estimate of drug-likeness (QED) is 0.826. The van der Waals surface area contributed by atoms with Gasteiger partial charge in [0.2, 0.25) is 10.0 Å². The number of sulfonamides is 1. The Morgan fingerprint density at radius 3 is 2.33 bits per heavy atom. The fourth-order valence-corrected chi connectivity index (χ4v) is 1.79. The normalized spacial score (nSPS) is 11.3. The van der Waals surface area contributed by atoms with Gasteiger partial charge in [-0.3, -0.25) is 0 Å². The van der Waals surface area contributed by atoms with E-state index in [4.69, 9.17) is 9.88 Å². The van der Waals surface area contributed by atoms with Crippen molar-refractivity contribution in [3.8, 4) is 5.75 Å². The van der Waals surface area contributed by atoms with Gasteiger partial charge in [-0.1, -0.05) is 19.1 Å². The molecule has 0 aliphatic rings. The fraction of sp³-hybridized carbons (Fsp3) is 0.400. The molecule has 1 aromatic carbocycles. The number of primary sulfonamides is 1. The van der Waals surface area contributed by atoms with Crippen molar-refractivity contribution < 1.29 is 13.2 Å². The third kappa shape index (κ3) is 4.80.